The van der Waals surface area contributed by atoms with Gasteiger partial charge < -0.3 is 109 Å². The first kappa shape index (κ1) is 59.5. The first-order valence-corrected chi connectivity index (χ1v) is 27.4. The van der Waals surface area contributed by atoms with Crippen LogP contribution in [0.5, 0.6) is 0 Å². The minimum absolute atomic E-state index is 0.00774. The number of carbonyl (C=O) groups excluding carboxylic acids is 1. The molecule has 4 heterocycles. The Morgan fingerprint density at radius 1 is 0.610 bits per heavy atom. The molecule has 0 amide bonds. The molecule has 9 aliphatic rings. The lowest BCUT2D eigenvalue weighted by atomic mass is 9.33. The molecule has 4 saturated carbocycles. The monoisotopic (exact) mass is 1100 g/mol. The number of carbonyl (C=O) groups is 2. The molecule has 24 nitrogen and oxygen atoms in total. The van der Waals surface area contributed by atoms with Crippen LogP contribution in [-0.4, -0.2) is 233 Å². The zero-order valence-corrected chi connectivity index (χ0v) is 44.6. The molecule has 5 aliphatic carbocycles. The third-order valence-electron chi connectivity index (χ3n) is 21.1. The zero-order chi connectivity index (χ0) is 56.3. The number of fused-ring (bicyclic) bond motifs is 7. The van der Waals surface area contributed by atoms with Crippen molar-refractivity contribution < 1.29 is 119 Å². The highest BCUT2D eigenvalue weighted by Gasteiger charge is 2.72. The fourth-order valence-electron chi connectivity index (χ4n) is 16.1. The molecule has 0 radical (unpaired) electrons. The predicted molar refractivity (Wildman–Crippen MR) is 259 cm³/mol. The van der Waals surface area contributed by atoms with Gasteiger partial charge in [-0.2, -0.15) is 0 Å². The van der Waals surface area contributed by atoms with Crippen LogP contribution in [0.2, 0.25) is 0 Å². The van der Waals surface area contributed by atoms with Gasteiger partial charge in [0.1, 0.15) is 91.6 Å². The molecule has 0 bridgehead atoms. The number of allylic oxidation sites excluding steroid dienone is 2. The summed E-state index contributed by atoms with van der Waals surface area (Å²) in [7, 11) is 0. The third kappa shape index (κ3) is 9.65. The van der Waals surface area contributed by atoms with Crippen LogP contribution in [0, 0.1) is 50.2 Å². The van der Waals surface area contributed by atoms with E-state index in [0.717, 1.165) is 5.57 Å². The largest absolute Gasteiger partial charge is 0.481 e. The fraction of sp³-hybridized carbons (Fsp3) is 0.925. The molecule has 440 valence electrons. The molecular weight excluding hydrogens is 1020 g/mol. The molecule has 4 saturated heterocycles. The lowest BCUT2D eigenvalue weighted by molar-refractivity contribution is -0.363. The van der Waals surface area contributed by atoms with Gasteiger partial charge in [0.15, 0.2) is 18.9 Å². The van der Waals surface area contributed by atoms with E-state index in [0.29, 0.717) is 64.2 Å². The molecule has 24 heteroatoms. The maximum absolute atomic E-state index is 15.4. The summed E-state index contributed by atoms with van der Waals surface area (Å²) in [6.07, 6.45) is -25.9. The number of rotatable bonds is 12. The van der Waals surface area contributed by atoms with Crippen molar-refractivity contribution in [3.05, 3.63) is 11.6 Å². The summed E-state index contributed by atoms with van der Waals surface area (Å²) >= 11 is 0. The van der Waals surface area contributed by atoms with Crippen LogP contribution in [0.1, 0.15) is 106 Å². The van der Waals surface area contributed by atoms with E-state index in [1.807, 2.05) is 0 Å². The summed E-state index contributed by atoms with van der Waals surface area (Å²) in [4.78, 5) is 29.1. The molecule has 0 aromatic rings. The minimum atomic E-state index is -2.02. The second-order valence-corrected chi connectivity index (χ2v) is 25.6. The quantitative estimate of drug-likeness (QED) is 0.0554. The number of carboxylic acids is 1. The number of carboxylic acid groups (broad SMARTS) is 1. The van der Waals surface area contributed by atoms with Gasteiger partial charge in [0, 0.05) is 0 Å². The maximum atomic E-state index is 15.4. The molecule has 4 aliphatic heterocycles. The van der Waals surface area contributed by atoms with Gasteiger partial charge in [0.2, 0.25) is 6.29 Å². The van der Waals surface area contributed by atoms with E-state index in [1.165, 1.54) is 0 Å². The molecule has 8 fully saturated rings. The van der Waals surface area contributed by atoms with Gasteiger partial charge in [-0.25, -0.2) is 0 Å². The van der Waals surface area contributed by atoms with Crippen LogP contribution in [-0.2, 0) is 47.5 Å². The highest BCUT2D eigenvalue weighted by Crippen LogP contribution is 2.76. The highest BCUT2D eigenvalue weighted by atomic mass is 16.8. The lowest BCUT2D eigenvalue weighted by Gasteiger charge is -2.71. The van der Waals surface area contributed by atoms with Crippen LogP contribution in [0.25, 0.3) is 0 Å². The van der Waals surface area contributed by atoms with Crippen molar-refractivity contribution in [2.45, 2.75) is 229 Å². The highest BCUT2D eigenvalue weighted by molar-refractivity contribution is 5.79. The number of hydrogen-bond acceptors (Lipinski definition) is 23. The van der Waals surface area contributed by atoms with E-state index in [9.17, 15) is 76.3 Å². The maximum Gasteiger partial charge on any atom is 0.315 e. The average Bonchev–Trinajstić information content (AvgIpc) is 3.58. The summed E-state index contributed by atoms with van der Waals surface area (Å²) < 4.78 is 47.0. The van der Waals surface area contributed by atoms with Crippen LogP contribution in [0.15, 0.2) is 11.6 Å². The van der Waals surface area contributed by atoms with Gasteiger partial charge in [-0.05, 0) is 111 Å². The van der Waals surface area contributed by atoms with Crippen molar-refractivity contribution in [2.75, 3.05) is 26.4 Å². The Morgan fingerprint density at radius 3 is 1.84 bits per heavy atom. The SMILES string of the molecule is CC1(C)CC[C@]2(C(=O)O[C@@H]3O[C@H](CO[C@@H]4O[C@H](CO)[C@@H](O)[C@H](O)[C@H]4O)[C@@H](O)[C@H](O[C@@H]4O[C@H](CO)[C@@H](O)[C@H](O)[C@H]4O)[C@H]3O)CC[C@]3(C)C(=CC[C@@H]4[C@@]5(C)CC[C@H](O[C@@H]6OC[C@@H](O)[C@H](O)[C@H]6O)C(C)(C(=O)O)[C@@H]5CC[C@]43C)[C@@H]2C1. The topological polar surface area (TPSA) is 391 Å². The molecule has 77 heavy (non-hydrogen) atoms. The molecular formula is C53H84O24. The molecule has 28 atom stereocenters. The van der Waals surface area contributed by atoms with Crippen molar-refractivity contribution in [1.82, 2.24) is 0 Å². The number of aliphatic hydroxyl groups is 13. The lowest BCUT2D eigenvalue weighted by Crippen LogP contribution is -2.67. The third-order valence-corrected chi connectivity index (χ3v) is 21.1. The number of esters is 1. The van der Waals surface area contributed by atoms with E-state index in [4.69, 9.17) is 37.9 Å². The minimum Gasteiger partial charge on any atom is -0.481 e. The summed E-state index contributed by atoms with van der Waals surface area (Å²) in [5, 5.41) is 149. The normalized spacial score (nSPS) is 53.6. The molecule has 0 aromatic heterocycles. The Kier molecular flexibility index (Phi) is 16.7. The van der Waals surface area contributed by atoms with Gasteiger partial charge in [0.05, 0.1) is 43.4 Å². The second kappa shape index (κ2) is 21.6. The van der Waals surface area contributed by atoms with E-state index < -0.39 is 182 Å². The molecule has 0 aromatic carbocycles. The van der Waals surface area contributed by atoms with Crippen LogP contribution < -0.4 is 0 Å². The Morgan fingerprint density at radius 2 is 1.21 bits per heavy atom. The average molecular weight is 1110 g/mol. The van der Waals surface area contributed by atoms with Gasteiger partial charge in [0.25, 0.3) is 0 Å². The van der Waals surface area contributed by atoms with Gasteiger partial charge in [-0.3, -0.25) is 9.59 Å². The smallest absolute Gasteiger partial charge is 0.315 e. The number of ether oxygens (including phenoxy) is 8. The molecule has 0 spiro atoms. The number of hydrogen-bond donors (Lipinski definition) is 14. The van der Waals surface area contributed by atoms with Gasteiger partial charge in [-0.15, -0.1) is 0 Å². The second-order valence-electron chi connectivity index (χ2n) is 25.6. The molecule has 9 rings (SSSR count). The van der Waals surface area contributed by atoms with Gasteiger partial charge >= 0.3 is 11.9 Å². The van der Waals surface area contributed by atoms with Crippen molar-refractivity contribution in [3.8, 4) is 0 Å². The van der Waals surface area contributed by atoms with E-state index in [1.54, 1.807) is 6.92 Å². The summed E-state index contributed by atoms with van der Waals surface area (Å²) in [6.45, 7) is 10.2. The standard InChI is InChI=1S/C53H84O24/c1-48(2)13-15-53(47(69)77-45-40(66)41(76-44-39(65)36(62)33(59)26(19-55)73-44)34(60)27(74-45)21-71-42-38(64)35(61)32(58)25(18-54)72-42)16-14-50(4)22(23(53)17-48)7-8-28-49(3)11-10-30(75-43-37(63)31(57)24(56)20-70-43)52(6,46(67)68)29(49)9-12-51(28,50)5/h7,23-45,54-66H,8-21H2,1-6H3,(H,67,68)/t23-,24+,25+,26+,27+,28+,29+,30-,31-,32+,33+,34+,35-,36-,37+,38+,39+,40+,41-,42+,43-,44-,45-,49+,50+,51+,52?,53-/m0/s1. The van der Waals surface area contributed by atoms with Crippen LogP contribution >= 0.6 is 0 Å². The van der Waals surface area contributed by atoms with Gasteiger partial charge in [-0.1, -0.05) is 46.3 Å². The Labute approximate surface area is 446 Å². The Balaban J connectivity index is 0.992. The first-order chi connectivity index (χ1) is 36.0. The Bertz CT molecular complexity index is 2160. The van der Waals surface area contributed by atoms with E-state index in [2.05, 4.69) is 40.7 Å². The van der Waals surface area contributed by atoms with Crippen molar-refractivity contribution in [2.24, 2.45) is 50.2 Å². The molecule has 1 unspecified atom stereocenters. The predicted octanol–water partition coefficient (Wildman–Crippen LogP) is -2.33. The Hall–Kier alpha value is -2.12. The molecule has 14 N–H and O–H groups in total. The van der Waals surface area contributed by atoms with Crippen molar-refractivity contribution in [1.29, 1.82) is 0 Å². The van der Waals surface area contributed by atoms with E-state index in [-0.39, 0.29) is 29.8 Å². The van der Waals surface area contributed by atoms with Crippen molar-refractivity contribution >= 4 is 11.9 Å². The summed E-state index contributed by atoms with van der Waals surface area (Å²) in [5.74, 6) is -2.49. The first-order valence-electron chi connectivity index (χ1n) is 27.4. The zero-order valence-electron chi connectivity index (χ0n) is 44.6. The number of aliphatic carboxylic acids is 1. The fourth-order valence-corrected chi connectivity index (χ4v) is 16.1. The summed E-state index contributed by atoms with van der Waals surface area (Å²) in [6, 6.07) is 0. The van der Waals surface area contributed by atoms with Crippen molar-refractivity contribution in [3.63, 3.8) is 0 Å². The van der Waals surface area contributed by atoms with E-state index >= 15 is 4.79 Å². The summed E-state index contributed by atoms with van der Waals surface area (Å²) in [5.41, 5.74) is -3.10. The number of aliphatic hydroxyl groups excluding tert-OH is 13. The van der Waals surface area contributed by atoms with Crippen LogP contribution in [0.4, 0.5) is 0 Å². The van der Waals surface area contributed by atoms with Crippen LogP contribution in [0.3, 0.4) is 0 Å².